The molecule has 0 bridgehead atoms. The number of nitrogens with zero attached hydrogens (tertiary/aromatic N) is 2. The van der Waals surface area contributed by atoms with Crippen LogP contribution in [0, 0.1) is 11.3 Å². The van der Waals surface area contributed by atoms with Crippen molar-refractivity contribution >= 4 is 17.5 Å². The number of hydrogen-bond donors (Lipinski definition) is 0. The number of amides is 1. The quantitative estimate of drug-likeness (QED) is 0.489. The molecule has 0 saturated heterocycles. The molecule has 12 heavy (non-hydrogen) atoms. The van der Waals surface area contributed by atoms with Gasteiger partial charge in [0.15, 0.2) is 0 Å². The summed E-state index contributed by atoms with van der Waals surface area (Å²) in [4.78, 5) is 12.5. The Morgan fingerprint density at radius 3 is 2.83 bits per heavy atom. The zero-order chi connectivity index (χ0) is 9.56. The fraction of sp³-hybridized carbons (Fsp3) is 0.500. The van der Waals surface area contributed by atoms with Crippen molar-refractivity contribution in [3.8, 4) is 6.07 Å². The Labute approximate surface area is 77.2 Å². The molecule has 1 unspecified atom stereocenters. The van der Waals surface area contributed by atoms with Gasteiger partial charge in [-0.3, -0.25) is 4.79 Å². The van der Waals surface area contributed by atoms with Gasteiger partial charge < -0.3 is 4.90 Å². The minimum atomic E-state index is -0.450. The van der Waals surface area contributed by atoms with Crippen molar-refractivity contribution in [1.29, 1.82) is 5.26 Å². The van der Waals surface area contributed by atoms with Gasteiger partial charge >= 0.3 is 0 Å². The van der Waals surface area contributed by atoms with E-state index in [1.807, 2.05) is 6.07 Å². The van der Waals surface area contributed by atoms with Gasteiger partial charge in [0.1, 0.15) is 11.9 Å². The number of halogens is 1. The van der Waals surface area contributed by atoms with Gasteiger partial charge in [0.2, 0.25) is 5.91 Å². The summed E-state index contributed by atoms with van der Waals surface area (Å²) in [6, 6.07) is 1.51. The van der Waals surface area contributed by atoms with Crippen LogP contribution in [0.2, 0.25) is 0 Å². The fourth-order valence-corrected chi connectivity index (χ4v) is 0.915. The predicted octanol–water partition coefficient (Wildman–Crippen LogP) is 1.15. The second-order valence-corrected chi connectivity index (χ2v) is 2.54. The van der Waals surface area contributed by atoms with E-state index in [0.29, 0.717) is 6.54 Å². The number of alkyl halides is 1. The number of rotatable bonds is 4. The lowest BCUT2D eigenvalue weighted by molar-refractivity contribution is -0.128. The van der Waals surface area contributed by atoms with E-state index in [0.717, 1.165) is 0 Å². The second-order valence-electron chi connectivity index (χ2n) is 2.27. The van der Waals surface area contributed by atoms with E-state index >= 15 is 0 Å². The van der Waals surface area contributed by atoms with E-state index < -0.39 is 6.04 Å². The highest BCUT2D eigenvalue weighted by atomic mass is 35.5. The van der Waals surface area contributed by atoms with Crippen molar-refractivity contribution in [2.75, 3.05) is 12.4 Å². The van der Waals surface area contributed by atoms with Crippen LogP contribution in [0.3, 0.4) is 0 Å². The molecule has 0 aliphatic heterocycles. The van der Waals surface area contributed by atoms with Gasteiger partial charge in [0, 0.05) is 6.54 Å². The Balaban J connectivity index is 4.33. The van der Waals surface area contributed by atoms with Crippen molar-refractivity contribution in [2.45, 2.75) is 13.0 Å². The predicted molar refractivity (Wildman–Crippen MR) is 47.7 cm³/mol. The molecule has 0 N–H and O–H groups in total. The van der Waals surface area contributed by atoms with E-state index in [1.54, 1.807) is 13.0 Å². The van der Waals surface area contributed by atoms with Crippen molar-refractivity contribution in [3.05, 3.63) is 12.7 Å². The molecule has 0 aromatic heterocycles. The summed E-state index contributed by atoms with van der Waals surface area (Å²) in [5.41, 5.74) is 0. The average Bonchev–Trinajstić information content (AvgIpc) is 2.11. The molecule has 0 aliphatic rings. The highest BCUT2D eigenvalue weighted by Crippen LogP contribution is 1.99. The molecule has 1 atom stereocenters. The summed E-state index contributed by atoms with van der Waals surface area (Å²) < 4.78 is 0. The lowest BCUT2D eigenvalue weighted by atomic mass is 10.3. The topological polar surface area (TPSA) is 44.1 Å². The molecule has 4 heteroatoms. The lowest BCUT2D eigenvalue weighted by Gasteiger charge is -2.21. The Morgan fingerprint density at radius 2 is 2.50 bits per heavy atom. The number of hydrogen-bond acceptors (Lipinski definition) is 2. The van der Waals surface area contributed by atoms with E-state index in [2.05, 4.69) is 6.58 Å². The summed E-state index contributed by atoms with van der Waals surface area (Å²) in [6.07, 6.45) is 1.57. The van der Waals surface area contributed by atoms with Gasteiger partial charge in [-0.05, 0) is 6.92 Å². The average molecular weight is 187 g/mol. The first kappa shape index (κ1) is 11.0. The Hall–Kier alpha value is -1.01. The monoisotopic (exact) mass is 186 g/mol. The van der Waals surface area contributed by atoms with Crippen LogP contribution in [0.1, 0.15) is 6.92 Å². The smallest absolute Gasteiger partial charge is 0.238 e. The van der Waals surface area contributed by atoms with Crippen LogP contribution in [0.15, 0.2) is 12.7 Å². The first-order valence-corrected chi connectivity index (χ1v) is 4.06. The summed E-state index contributed by atoms with van der Waals surface area (Å²) in [6.45, 7) is 5.50. The SMILES string of the molecule is C=CCN(C(=O)CCl)C(C)C#N. The van der Waals surface area contributed by atoms with E-state index in [9.17, 15) is 4.79 Å². The van der Waals surface area contributed by atoms with Gasteiger partial charge in [-0.1, -0.05) is 6.08 Å². The van der Waals surface area contributed by atoms with Gasteiger partial charge in [0.25, 0.3) is 0 Å². The minimum Gasteiger partial charge on any atom is -0.322 e. The maximum atomic E-state index is 11.1. The molecule has 0 aromatic carbocycles. The highest BCUT2D eigenvalue weighted by molar-refractivity contribution is 6.27. The maximum absolute atomic E-state index is 11.1. The molecular weight excluding hydrogens is 176 g/mol. The molecule has 0 aliphatic carbocycles. The Bertz CT molecular complexity index is 210. The molecule has 66 valence electrons. The van der Waals surface area contributed by atoms with E-state index in [4.69, 9.17) is 16.9 Å². The summed E-state index contributed by atoms with van der Waals surface area (Å²) in [5, 5.41) is 8.55. The van der Waals surface area contributed by atoms with E-state index in [-0.39, 0.29) is 11.8 Å². The van der Waals surface area contributed by atoms with Crippen LogP contribution in [0.25, 0.3) is 0 Å². The molecule has 0 radical (unpaired) electrons. The molecule has 3 nitrogen and oxygen atoms in total. The molecule has 0 spiro atoms. The van der Waals surface area contributed by atoms with Crippen molar-refractivity contribution in [2.24, 2.45) is 0 Å². The van der Waals surface area contributed by atoms with E-state index in [1.165, 1.54) is 4.90 Å². The normalized spacial score (nSPS) is 11.4. The third kappa shape index (κ3) is 2.93. The highest BCUT2D eigenvalue weighted by Gasteiger charge is 2.16. The van der Waals surface area contributed by atoms with Crippen LogP contribution in [0.5, 0.6) is 0 Å². The molecule has 0 heterocycles. The molecule has 0 saturated carbocycles. The number of nitriles is 1. The molecule has 0 rings (SSSR count). The fourth-order valence-electron chi connectivity index (χ4n) is 0.761. The van der Waals surface area contributed by atoms with Gasteiger partial charge in [-0.25, -0.2) is 0 Å². The summed E-state index contributed by atoms with van der Waals surface area (Å²) in [7, 11) is 0. The Kier molecular flexibility index (Phi) is 5.14. The van der Waals surface area contributed by atoms with Crippen LogP contribution in [0.4, 0.5) is 0 Å². The van der Waals surface area contributed by atoms with Crippen molar-refractivity contribution < 1.29 is 4.79 Å². The third-order valence-corrected chi connectivity index (χ3v) is 1.64. The van der Waals surface area contributed by atoms with Crippen LogP contribution < -0.4 is 0 Å². The number of carbonyl (C=O) groups is 1. The van der Waals surface area contributed by atoms with Crippen molar-refractivity contribution in [1.82, 2.24) is 4.90 Å². The first-order chi connectivity index (χ1) is 5.67. The van der Waals surface area contributed by atoms with Crippen LogP contribution in [-0.2, 0) is 4.79 Å². The van der Waals surface area contributed by atoms with Crippen LogP contribution >= 0.6 is 11.6 Å². The zero-order valence-electron chi connectivity index (χ0n) is 6.96. The standard InChI is InChI=1S/C8H11ClN2O/c1-3-4-11(7(2)6-10)8(12)5-9/h3,7H,1,4-5H2,2H3. The van der Waals surface area contributed by atoms with Gasteiger partial charge in [0.05, 0.1) is 6.07 Å². The number of carbonyl (C=O) groups excluding carboxylic acids is 1. The Morgan fingerprint density at radius 1 is 1.92 bits per heavy atom. The molecule has 1 amide bonds. The third-order valence-electron chi connectivity index (χ3n) is 1.41. The molecule has 0 aromatic rings. The van der Waals surface area contributed by atoms with Crippen LogP contribution in [-0.4, -0.2) is 29.3 Å². The van der Waals surface area contributed by atoms with Gasteiger partial charge in [-0.2, -0.15) is 5.26 Å². The minimum absolute atomic E-state index is 0.0974. The largest absolute Gasteiger partial charge is 0.322 e. The second kappa shape index (κ2) is 5.62. The lowest BCUT2D eigenvalue weighted by Crippen LogP contribution is -2.38. The first-order valence-electron chi connectivity index (χ1n) is 3.53. The van der Waals surface area contributed by atoms with Crippen molar-refractivity contribution in [3.63, 3.8) is 0 Å². The maximum Gasteiger partial charge on any atom is 0.238 e. The summed E-state index contributed by atoms with van der Waals surface area (Å²) >= 11 is 5.35. The zero-order valence-corrected chi connectivity index (χ0v) is 7.71. The van der Waals surface area contributed by atoms with Gasteiger partial charge in [-0.15, -0.1) is 18.2 Å². The summed E-state index contributed by atoms with van der Waals surface area (Å²) in [5.74, 6) is -0.342. The molecular formula is C8H11ClN2O. The molecule has 0 fully saturated rings.